The van der Waals surface area contributed by atoms with Crippen molar-refractivity contribution < 1.29 is 4.52 Å². The summed E-state index contributed by atoms with van der Waals surface area (Å²) in [5, 5.41) is 3.94. The summed E-state index contributed by atoms with van der Waals surface area (Å²) in [7, 11) is 0. The van der Waals surface area contributed by atoms with Gasteiger partial charge in [-0.15, -0.1) is 0 Å². The smallest absolute Gasteiger partial charge is 0.228 e. The zero-order chi connectivity index (χ0) is 11.8. The first-order valence-electron chi connectivity index (χ1n) is 5.91. The Labute approximate surface area is 101 Å². The van der Waals surface area contributed by atoms with E-state index < -0.39 is 0 Å². The SMILES string of the molecule is CCCSCc1noc(CC(N)CCC)n1. The third-order valence-electron chi connectivity index (χ3n) is 2.19. The predicted molar refractivity (Wildman–Crippen MR) is 67.3 cm³/mol. The third-order valence-corrected chi connectivity index (χ3v) is 3.35. The molecule has 0 bridgehead atoms. The van der Waals surface area contributed by atoms with Crippen LogP contribution in [0, 0.1) is 0 Å². The van der Waals surface area contributed by atoms with Gasteiger partial charge in [-0.05, 0) is 18.6 Å². The van der Waals surface area contributed by atoms with Crippen LogP contribution in [0.4, 0.5) is 0 Å². The Morgan fingerprint density at radius 3 is 2.88 bits per heavy atom. The first kappa shape index (κ1) is 13.5. The Morgan fingerprint density at radius 2 is 2.19 bits per heavy atom. The van der Waals surface area contributed by atoms with Gasteiger partial charge in [-0.1, -0.05) is 25.4 Å². The number of hydrogen-bond donors (Lipinski definition) is 1. The summed E-state index contributed by atoms with van der Waals surface area (Å²) >= 11 is 1.83. The molecule has 1 heterocycles. The van der Waals surface area contributed by atoms with Crippen molar-refractivity contribution in [3.8, 4) is 0 Å². The van der Waals surface area contributed by atoms with Crippen LogP contribution in [0.25, 0.3) is 0 Å². The van der Waals surface area contributed by atoms with Crippen molar-refractivity contribution in [2.24, 2.45) is 5.73 Å². The Hall–Kier alpha value is -0.550. The van der Waals surface area contributed by atoms with E-state index in [1.54, 1.807) is 0 Å². The second-order valence-electron chi connectivity index (χ2n) is 3.91. The molecule has 2 N–H and O–H groups in total. The van der Waals surface area contributed by atoms with Crippen molar-refractivity contribution in [1.29, 1.82) is 0 Å². The fourth-order valence-corrected chi connectivity index (χ4v) is 2.17. The molecule has 0 amide bonds. The highest BCUT2D eigenvalue weighted by Gasteiger charge is 2.10. The highest BCUT2D eigenvalue weighted by Crippen LogP contribution is 2.11. The van der Waals surface area contributed by atoms with E-state index in [2.05, 4.69) is 24.0 Å². The van der Waals surface area contributed by atoms with Gasteiger partial charge in [0.2, 0.25) is 5.89 Å². The van der Waals surface area contributed by atoms with Crippen LogP contribution in [0.5, 0.6) is 0 Å². The van der Waals surface area contributed by atoms with Crippen LogP contribution in [-0.2, 0) is 12.2 Å². The molecule has 92 valence electrons. The number of aromatic nitrogens is 2. The maximum absolute atomic E-state index is 5.91. The molecule has 1 rings (SSSR count). The molecule has 1 aromatic rings. The van der Waals surface area contributed by atoms with Gasteiger partial charge in [0.1, 0.15) is 0 Å². The summed E-state index contributed by atoms with van der Waals surface area (Å²) in [5.41, 5.74) is 5.91. The van der Waals surface area contributed by atoms with Gasteiger partial charge >= 0.3 is 0 Å². The molecule has 0 aromatic carbocycles. The van der Waals surface area contributed by atoms with E-state index in [1.165, 1.54) is 6.42 Å². The average molecular weight is 243 g/mol. The maximum Gasteiger partial charge on any atom is 0.228 e. The number of thioether (sulfide) groups is 1. The lowest BCUT2D eigenvalue weighted by molar-refractivity contribution is 0.362. The molecule has 0 aliphatic heterocycles. The van der Waals surface area contributed by atoms with E-state index in [1.807, 2.05) is 11.8 Å². The number of rotatable bonds is 8. The van der Waals surface area contributed by atoms with E-state index in [0.29, 0.717) is 12.3 Å². The monoisotopic (exact) mass is 243 g/mol. The molecule has 4 nitrogen and oxygen atoms in total. The zero-order valence-electron chi connectivity index (χ0n) is 10.1. The van der Waals surface area contributed by atoms with Crippen LogP contribution in [0.2, 0.25) is 0 Å². The fourth-order valence-electron chi connectivity index (χ4n) is 1.44. The molecule has 0 spiro atoms. The highest BCUT2D eigenvalue weighted by atomic mass is 32.2. The van der Waals surface area contributed by atoms with Crippen LogP contribution in [0.1, 0.15) is 44.8 Å². The summed E-state index contributed by atoms with van der Waals surface area (Å²) < 4.78 is 5.16. The molecule has 0 aliphatic carbocycles. The largest absolute Gasteiger partial charge is 0.339 e. The molecule has 0 aliphatic rings. The first-order chi connectivity index (χ1) is 7.76. The highest BCUT2D eigenvalue weighted by molar-refractivity contribution is 7.98. The predicted octanol–water partition coefficient (Wildman–Crippen LogP) is 2.38. The third kappa shape index (κ3) is 4.99. The van der Waals surface area contributed by atoms with Crippen LogP contribution in [-0.4, -0.2) is 21.9 Å². The minimum atomic E-state index is 0.140. The van der Waals surface area contributed by atoms with E-state index in [4.69, 9.17) is 10.3 Å². The maximum atomic E-state index is 5.91. The van der Waals surface area contributed by atoms with Crippen molar-refractivity contribution in [2.75, 3.05) is 5.75 Å². The summed E-state index contributed by atoms with van der Waals surface area (Å²) in [4.78, 5) is 4.33. The molecule has 5 heteroatoms. The Morgan fingerprint density at radius 1 is 1.38 bits per heavy atom. The minimum absolute atomic E-state index is 0.140. The van der Waals surface area contributed by atoms with Gasteiger partial charge in [-0.3, -0.25) is 0 Å². The molecule has 16 heavy (non-hydrogen) atoms. The Balaban J connectivity index is 2.33. The lowest BCUT2D eigenvalue weighted by Crippen LogP contribution is -2.22. The molecule has 0 saturated heterocycles. The molecule has 0 fully saturated rings. The lowest BCUT2D eigenvalue weighted by atomic mass is 10.1. The normalized spacial score (nSPS) is 12.9. The Kier molecular flexibility index (Phi) is 6.49. The van der Waals surface area contributed by atoms with Gasteiger partial charge < -0.3 is 10.3 Å². The van der Waals surface area contributed by atoms with Gasteiger partial charge in [0, 0.05) is 12.5 Å². The second kappa shape index (κ2) is 7.68. The zero-order valence-corrected chi connectivity index (χ0v) is 10.9. The molecule has 0 radical (unpaired) electrons. The minimum Gasteiger partial charge on any atom is -0.339 e. The van der Waals surface area contributed by atoms with Crippen molar-refractivity contribution >= 4 is 11.8 Å². The van der Waals surface area contributed by atoms with E-state index in [-0.39, 0.29) is 6.04 Å². The molecular weight excluding hydrogens is 222 g/mol. The summed E-state index contributed by atoms with van der Waals surface area (Å²) in [5.74, 6) is 3.43. The molecule has 1 unspecified atom stereocenters. The van der Waals surface area contributed by atoms with Crippen molar-refractivity contribution in [3.05, 3.63) is 11.7 Å². The van der Waals surface area contributed by atoms with Crippen molar-refractivity contribution in [2.45, 2.75) is 51.3 Å². The van der Waals surface area contributed by atoms with Crippen molar-refractivity contribution in [1.82, 2.24) is 10.1 Å². The summed E-state index contributed by atoms with van der Waals surface area (Å²) in [6.45, 7) is 4.29. The summed E-state index contributed by atoms with van der Waals surface area (Å²) in [6, 6.07) is 0.140. The Bertz CT molecular complexity index is 291. The first-order valence-corrected chi connectivity index (χ1v) is 7.06. The average Bonchev–Trinajstić information content (AvgIpc) is 2.66. The number of nitrogens with two attached hydrogens (primary N) is 1. The molecule has 1 atom stereocenters. The van der Waals surface area contributed by atoms with E-state index in [0.717, 1.165) is 30.2 Å². The van der Waals surface area contributed by atoms with Crippen molar-refractivity contribution in [3.63, 3.8) is 0 Å². The van der Waals surface area contributed by atoms with E-state index in [9.17, 15) is 0 Å². The van der Waals surface area contributed by atoms with Gasteiger partial charge in [0.25, 0.3) is 0 Å². The van der Waals surface area contributed by atoms with E-state index >= 15 is 0 Å². The van der Waals surface area contributed by atoms with Gasteiger partial charge in [-0.25, -0.2) is 0 Å². The molecule has 0 saturated carbocycles. The molecule has 1 aromatic heterocycles. The second-order valence-corrected chi connectivity index (χ2v) is 5.01. The quantitative estimate of drug-likeness (QED) is 0.710. The van der Waals surface area contributed by atoms with Crippen LogP contribution < -0.4 is 5.73 Å². The van der Waals surface area contributed by atoms with Gasteiger partial charge in [0.15, 0.2) is 5.82 Å². The standard InChI is InChI=1S/C11H21N3OS/c1-3-5-9(12)7-11-13-10(14-15-11)8-16-6-4-2/h9H,3-8,12H2,1-2H3. The van der Waals surface area contributed by atoms with Crippen LogP contribution in [0.15, 0.2) is 4.52 Å². The summed E-state index contributed by atoms with van der Waals surface area (Å²) in [6.07, 6.45) is 3.97. The van der Waals surface area contributed by atoms with Gasteiger partial charge in [0.05, 0.1) is 5.75 Å². The number of hydrogen-bond acceptors (Lipinski definition) is 5. The lowest BCUT2D eigenvalue weighted by Gasteiger charge is -2.05. The topological polar surface area (TPSA) is 64.9 Å². The van der Waals surface area contributed by atoms with Crippen LogP contribution >= 0.6 is 11.8 Å². The fraction of sp³-hybridized carbons (Fsp3) is 0.818. The molecular formula is C11H21N3OS. The van der Waals surface area contributed by atoms with Gasteiger partial charge in [-0.2, -0.15) is 16.7 Å². The number of nitrogens with zero attached hydrogens (tertiary/aromatic N) is 2. The van der Waals surface area contributed by atoms with Crippen LogP contribution in [0.3, 0.4) is 0 Å².